The molecule has 1 aromatic heterocycles. The van der Waals surface area contributed by atoms with E-state index in [0.717, 1.165) is 46.3 Å². The van der Waals surface area contributed by atoms with E-state index in [0.29, 0.717) is 12.4 Å². The summed E-state index contributed by atoms with van der Waals surface area (Å²) < 4.78 is 28.9. The molecule has 2 atom stereocenters. The smallest absolute Gasteiger partial charge is 0.246 e. The van der Waals surface area contributed by atoms with Gasteiger partial charge in [0.15, 0.2) is 28.8 Å². The van der Waals surface area contributed by atoms with Crippen LogP contribution >= 0.6 is 0 Å². The van der Waals surface area contributed by atoms with Crippen LogP contribution in [0.5, 0.6) is 23.0 Å². The van der Waals surface area contributed by atoms with E-state index in [1.54, 1.807) is 6.26 Å². The van der Waals surface area contributed by atoms with Crippen LogP contribution < -0.4 is 18.9 Å². The van der Waals surface area contributed by atoms with Crippen molar-refractivity contribution in [2.45, 2.75) is 25.6 Å². The third kappa shape index (κ3) is 2.62. The molecule has 3 aliphatic heterocycles. The maximum Gasteiger partial charge on any atom is 0.246 e. The number of para-hydroxylation sites is 1. The number of hydrogen-bond acceptors (Lipinski definition) is 7. The van der Waals surface area contributed by atoms with Crippen molar-refractivity contribution in [2.75, 3.05) is 13.4 Å². The van der Waals surface area contributed by atoms with Crippen molar-refractivity contribution in [3.05, 3.63) is 71.7 Å². The minimum Gasteiger partial charge on any atom is -0.490 e. The number of rotatable bonds is 4. The summed E-state index contributed by atoms with van der Waals surface area (Å²) >= 11 is 0. The Morgan fingerprint density at radius 1 is 1.10 bits per heavy atom. The van der Waals surface area contributed by atoms with Gasteiger partial charge in [0.2, 0.25) is 13.0 Å². The van der Waals surface area contributed by atoms with E-state index in [1.165, 1.54) is 0 Å². The topological polar surface area (TPSA) is 65.7 Å². The lowest BCUT2D eigenvalue weighted by Crippen LogP contribution is -2.33. The summed E-state index contributed by atoms with van der Waals surface area (Å²) in [6, 6.07) is 15.7. The van der Waals surface area contributed by atoms with Crippen molar-refractivity contribution in [3.8, 4) is 23.0 Å². The van der Waals surface area contributed by atoms with Gasteiger partial charge in [-0.1, -0.05) is 12.1 Å². The van der Waals surface area contributed by atoms with Crippen LogP contribution in [0, 0.1) is 0 Å². The number of hydrazone groups is 1. The predicted molar refractivity (Wildman–Crippen MR) is 108 cm³/mol. The second-order valence-electron chi connectivity index (χ2n) is 7.31. The van der Waals surface area contributed by atoms with Gasteiger partial charge in [-0.05, 0) is 43.3 Å². The van der Waals surface area contributed by atoms with Crippen molar-refractivity contribution < 1.29 is 23.4 Å². The summed E-state index contributed by atoms with van der Waals surface area (Å²) in [7, 11) is 0. The number of furan rings is 1. The summed E-state index contributed by atoms with van der Waals surface area (Å²) in [5.74, 6) is 3.70. The van der Waals surface area contributed by atoms with Crippen LogP contribution in [0.15, 0.2) is 64.3 Å². The average molecular weight is 404 g/mol. The normalized spacial score (nSPS) is 21.0. The molecule has 0 radical (unpaired) electrons. The van der Waals surface area contributed by atoms with Gasteiger partial charge >= 0.3 is 0 Å². The van der Waals surface area contributed by atoms with E-state index < -0.39 is 6.23 Å². The van der Waals surface area contributed by atoms with E-state index in [1.807, 2.05) is 54.4 Å². The highest BCUT2D eigenvalue weighted by molar-refractivity contribution is 6.02. The maximum atomic E-state index is 6.39. The molecule has 7 heteroatoms. The van der Waals surface area contributed by atoms with Crippen LogP contribution in [-0.4, -0.2) is 24.1 Å². The van der Waals surface area contributed by atoms with E-state index in [9.17, 15) is 0 Å². The zero-order valence-electron chi connectivity index (χ0n) is 16.4. The van der Waals surface area contributed by atoms with Crippen LogP contribution in [0.2, 0.25) is 0 Å². The Labute approximate surface area is 173 Å². The summed E-state index contributed by atoms with van der Waals surface area (Å²) in [6.45, 7) is 2.79. The first-order valence-electron chi connectivity index (χ1n) is 10.0. The maximum absolute atomic E-state index is 6.39. The van der Waals surface area contributed by atoms with Crippen molar-refractivity contribution in [2.24, 2.45) is 5.10 Å². The minimum absolute atomic E-state index is 0.0182. The molecule has 0 unspecified atom stereocenters. The van der Waals surface area contributed by atoms with Gasteiger partial charge in [-0.3, -0.25) is 0 Å². The fraction of sp³-hybridized carbons (Fsp3) is 0.261. The second-order valence-corrected chi connectivity index (χ2v) is 7.31. The fourth-order valence-electron chi connectivity index (χ4n) is 4.22. The summed E-state index contributed by atoms with van der Waals surface area (Å²) in [5.41, 5.74) is 3.03. The molecule has 0 aliphatic carbocycles. The Balaban J connectivity index is 1.43. The number of hydrogen-bond donors (Lipinski definition) is 0. The number of benzene rings is 2. The molecule has 0 bridgehead atoms. The van der Waals surface area contributed by atoms with Crippen molar-refractivity contribution in [1.29, 1.82) is 0 Å². The number of ether oxygens (including phenoxy) is 4. The largest absolute Gasteiger partial charge is 0.490 e. The van der Waals surface area contributed by atoms with Gasteiger partial charge in [0, 0.05) is 17.5 Å². The second kappa shape index (κ2) is 6.73. The first kappa shape index (κ1) is 17.3. The first-order valence-corrected chi connectivity index (χ1v) is 10.0. The van der Waals surface area contributed by atoms with E-state index in [2.05, 4.69) is 6.07 Å². The lowest BCUT2D eigenvalue weighted by Gasteiger charge is -2.37. The summed E-state index contributed by atoms with van der Waals surface area (Å²) in [4.78, 5) is 0. The van der Waals surface area contributed by atoms with E-state index >= 15 is 0 Å². The van der Waals surface area contributed by atoms with Gasteiger partial charge in [0.05, 0.1) is 24.6 Å². The quantitative estimate of drug-likeness (QED) is 0.631. The number of fused-ring (bicyclic) bond motifs is 4. The zero-order valence-corrected chi connectivity index (χ0v) is 16.4. The van der Waals surface area contributed by atoms with Gasteiger partial charge in [-0.2, -0.15) is 5.10 Å². The Kier molecular flexibility index (Phi) is 3.87. The Hall–Kier alpha value is -3.61. The molecular weight excluding hydrogens is 384 g/mol. The lowest BCUT2D eigenvalue weighted by molar-refractivity contribution is -0.0344. The minimum atomic E-state index is -0.467. The third-order valence-corrected chi connectivity index (χ3v) is 5.57. The molecule has 2 aromatic carbocycles. The Morgan fingerprint density at radius 2 is 2.03 bits per heavy atom. The first-order chi connectivity index (χ1) is 14.8. The van der Waals surface area contributed by atoms with Gasteiger partial charge in [-0.25, -0.2) is 5.01 Å². The van der Waals surface area contributed by atoms with E-state index in [4.69, 9.17) is 28.5 Å². The van der Waals surface area contributed by atoms with Crippen LogP contribution in [0.1, 0.15) is 42.5 Å². The van der Waals surface area contributed by atoms with Crippen molar-refractivity contribution >= 4 is 5.71 Å². The molecule has 0 amide bonds. The number of nitrogens with zero attached hydrogens (tertiary/aromatic N) is 2. The van der Waals surface area contributed by atoms with Crippen LogP contribution in [0.3, 0.4) is 0 Å². The SMILES string of the molecule is CCOc1cccc2c1O[C@H](c1ccco1)N1N=C(c3ccc4c(c3)OCO4)C[C@@H]21. The predicted octanol–water partition coefficient (Wildman–Crippen LogP) is 4.65. The van der Waals surface area contributed by atoms with E-state index in [-0.39, 0.29) is 12.8 Å². The van der Waals surface area contributed by atoms with Gasteiger partial charge < -0.3 is 23.4 Å². The molecule has 0 spiro atoms. The molecule has 152 valence electrons. The molecule has 3 aliphatic rings. The highest BCUT2D eigenvalue weighted by atomic mass is 16.7. The molecule has 7 nitrogen and oxygen atoms in total. The Morgan fingerprint density at radius 3 is 2.90 bits per heavy atom. The third-order valence-electron chi connectivity index (χ3n) is 5.57. The monoisotopic (exact) mass is 404 g/mol. The summed E-state index contributed by atoms with van der Waals surface area (Å²) in [5, 5.41) is 6.93. The molecule has 3 aromatic rings. The molecule has 30 heavy (non-hydrogen) atoms. The highest BCUT2D eigenvalue weighted by Gasteiger charge is 2.43. The fourth-order valence-corrected chi connectivity index (χ4v) is 4.22. The Bertz CT molecular complexity index is 1120. The van der Waals surface area contributed by atoms with Crippen molar-refractivity contribution in [3.63, 3.8) is 0 Å². The molecule has 6 rings (SSSR count). The lowest BCUT2D eigenvalue weighted by atomic mass is 9.96. The van der Waals surface area contributed by atoms with Crippen LogP contribution in [0.25, 0.3) is 0 Å². The van der Waals surface area contributed by atoms with Crippen LogP contribution in [-0.2, 0) is 0 Å². The van der Waals surface area contributed by atoms with Gasteiger partial charge in [0.1, 0.15) is 0 Å². The molecule has 0 N–H and O–H groups in total. The van der Waals surface area contributed by atoms with Gasteiger partial charge in [-0.15, -0.1) is 0 Å². The molecule has 0 saturated carbocycles. The standard InChI is InChI=1S/C23H20N2O5/c1-2-26-19-6-3-5-15-17-12-16(14-8-9-18-21(11-14)29-13-28-18)24-25(17)23(30-22(15)19)20-7-4-10-27-20/h3-11,17,23H,2,12-13H2,1H3/t17-,23+/m0/s1. The van der Waals surface area contributed by atoms with Crippen molar-refractivity contribution in [1.82, 2.24) is 5.01 Å². The molecular formula is C23H20N2O5. The highest BCUT2D eigenvalue weighted by Crippen LogP contribution is 2.51. The average Bonchev–Trinajstić information content (AvgIpc) is 3.53. The molecule has 0 saturated heterocycles. The molecule has 4 heterocycles. The zero-order chi connectivity index (χ0) is 20.1. The van der Waals surface area contributed by atoms with Crippen LogP contribution in [0.4, 0.5) is 0 Å². The summed E-state index contributed by atoms with van der Waals surface area (Å²) in [6.07, 6.45) is 1.92. The van der Waals surface area contributed by atoms with Gasteiger partial charge in [0.25, 0.3) is 0 Å². The molecule has 0 fully saturated rings.